The fraction of sp³-hybridized carbons (Fsp3) is 0.143. The summed E-state index contributed by atoms with van der Waals surface area (Å²) in [5.41, 5.74) is 0.952. The number of carbonyl (C=O) groups is 1. The average Bonchev–Trinajstić information content (AvgIpc) is 2.44. The van der Waals surface area contributed by atoms with Crippen molar-refractivity contribution < 1.29 is 14.6 Å². The molecule has 0 saturated carbocycles. The minimum Gasteiger partial charge on any atom is -0.505 e. The fourth-order valence-corrected chi connectivity index (χ4v) is 1.97. The molecule has 2 aromatic rings. The number of fused-ring (bicyclic) bond motifs is 1. The first-order valence-corrected chi connectivity index (χ1v) is 6.01. The van der Waals surface area contributed by atoms with Gasteiger partial charge in [0.15, 0.2) is 0 Å². The van der Waals surface area contributed by atoms with Gasteiger partial charge in [0.1, 0.15) is 11.3 Å². The lowest BCUT2D eigenvalue weighted by Gasteiger charge is -2.05. The molecule has 0 amide bonds. The Morgan fingerprint density at radius 2 is 2.37 bits per heavy atom. The molecule has 0 aliphatic carbocycles. The number of ether oxygens (including phenoxy) is 1. The normalized spacial score (nSPS) is 11.1. The number of benzene rings is 1. The first-order chi connectivity index (χ1) is 9.13. The monoisotopic (exact) mass is 277 g/mol. The Labute approximate surface area is 115 Å². The van der Waals surface area contributed by atoms with Gasteiger partial charge in [-0.3, -0.25) is 9.78 Å². The van der Waals surface area contributed by atoms with E-state index in [0.29, 0.717) is 21.5 Å². The summed E-state index contributed by atoms with van der Waals surface area (Å²) in [6, 6.07) is 5.17. The number of pyridine rings is 1. The standard InChI is InChI=1S/C14H12ClNO3/c1-19-12(17)6-2-4-9-8-11(15)10-5-3-7-16-13(10)14(9)18/h2-5,7-8,18H,6H2,1H3. The van der Waals surface area contributed by atoms with Crippen LogP contribution in [0.2, 0.25) is 5.02 Å². The molecule has 0 bridgehead atoms. The second kappa shape index (κ2) is 5.71. The van der Waals surface area contributed by atoms with Gasteiger partial charge in [-0.05, 0) is 18.2 Å². The Hall–Kier alpha value is -2.07. The Morgan fingerprint density at radius 1 is 1.58 bits per heavy atom. The summed E-state index contributed by atoms with van der Waals surface area (Å²) in [6.45, 7) is 0. The van der Waals surface area contributed by atoms with Gasteiger partial charge in [-0.15, -0.1) is 0 Å². The minimum atomic E-state index is -0.347. The number of methoxy groups -OCH3 is 1. The van der Waals surface area contributed by atoms with Crippen molar-refractivity contribution in [3.8, 4) is 5.75 Å². The SMILES string of the molecule is COC(=O)CC=Cc1cc(Cl)c2cccnc2c1O. The Balaban J connectivity index is 2.39. The van der Waals surface area contributed by atoms with E-state index in [1.165, 1.54) is 7.11 Å². The molecule has 1 aromatic carbocycles. The van der Waals surface area contributed by atoms with Crippen LogP contribution in [0.5, 0.6) is 5.75 Å². The Kier molecular flexibility index (Phi) is 4.02. The summed E-state index contributed by atoms with van der Waals surface area (Å²) in [5.74, 6) is -0.304. The van der Waals surface area contributed by atoms with Gasteiger partial charge in [-0.2, -0.15) is 0 Å². The van der Waals surface area contributed by atoms with Crippen LogP contribution in [-0.2, 0) is 9.53 Å². The van der Waals surface area contributed by atoms with Gasteiger partial charge in [0, 0.05) is 17.1 Å². The van der Waals surface area contributed by atoms with Gasteiger partial charge in [-0.25, -0.2) is 0 Å². The van der Waals surface area contributed by atoms with Crippen molar-refractivity contribution >= 4 is 34.5 Å². The molecule has 1 N–H and O–H groups in total. The quantitative estimate of drug-likeness (QED) is 0.876. The molecule has 5 heteroatoms. The molecule has 19 heavy (non-hydrogen) atoms. The highest BCUT2D eigenvalue weighted by molar-refractivity contribution is 6.35. The fourth-order valence-electron chi connectivity index (χ4n) is 1.70. The van der Waals surface area contributed by atoms with E-state index in [2.05, 4.69) is 9.72 Å². The van der Waals surface area contributed by atoms with Crippen molar-refractivity contribution in [1.29, 1.82) is 0 Å². The highest BCUT2D eigenvalue weighted by Gasteiger charge is 2.09. The summed E-state index contributed by atoms with van der Waals surface area (Å²) in [7, 11) is 1.32. The lowest BCUT2D eigenvalue weighted by atomic mass is 10.1. The van der Waals surface area contributed by atoms with Crippen LogP contribution in [-0.4, -0.2) is 23.2 Å². The van der Waals surface area contributed by atoms with E-state index in [1.54, 1.807) is 36.5 Å². The van der Waals surface area contributed by atoms with E-state index in [9.17, 15) is 9.90 Å². The lowest BCUT2D eigenvalue weighted by molar-refractivity contribution is -0.139. The number of aromatic nitrogens is 1. The molecular formula is C14H12ClNO3. The van der Waals surface area contributed by atoms with E-state index in [1.807, 2.05) is 0 Å². The zero-order valence-electron chi connectivity index (χ0n) is 10.3. The zero-order valence-corrected chi connectivity index (χ0v) is 11.0. The van der Waals surface area contributed by atoms with Crippen LogP contribution < -0.4 is 0 Å². The van der Waals surface area contributed by atoms with E-state index in [-0.39, 0.29) is 18.1 Å². The van der Waals surface area contributed by atoms with Gasteiger partial charge in [0.05, 0.1) is 18.6 Å². The number of rotatable bonds is 3. The lowest BCUT2D eigenvalue weighted by Crippen LogP contribution is -1.96. The van der Waals surface area contributed by atoms with Crippen LogP contribution in [0.25, 0.3) is 17.0 Å². The molecule has 0 atom stereocenters. The number of phenols is 1. The van der Waals surface area contributed by atoms with Gasteiger partial charge in [0.2, 0.25) is 0 Å². The number of hydrogen-bond donors (Lipinski definition) is 1. The highest BCUT2D eigenvalue weighted by Crippen LogP contribution is 2.33. The highest BCUT2D eigenvalue weighted by atomic mass is 35.5. The summed E-state index contributed by atoms with van der Waals surface area (Å²) >= 11 is 6.13. The first-order valence-electron chi connectivity index (χ1n) is 5.63. The number of hydrogen-bond acceptors (Lipinski definition) is 4. The van der Waals surface area contributed by atoms with Crippen molar-refractivity contribution in [2.24, 2.45) is 0 Å². The number of aromatic hydroxyl groups is 1. The molecule has 0 radical (unpaired) electrons. The van der Waals surface area contributed by atoms with Crippen molar-refractivity contribution in [3.63, 3.8) is 0 Å². The predicted octanol–water partition coefficient (Wildman–Crippen LogP) is 3.17. The average molecular weight is 278 g/mol. The largest absolute Gasteiger partial charge is 0.505 e. The van der Waals surface area contributed by atoms with Gasteiger partial charge >= 0.3 is 5.97 Å². The number of nitrogens with zero attached hydrogens (tertiary/aromatic N) is 1. The van der Waals surface area contributed by atoms with Crippen LogP contribution in [0.4, 0.5) is 0 Å². The maximum Gasteiger partial charge on any atom is 0.309 e. The minimum absolute atomic E-state index is 0.0427. The third-order valence-corrected chi connectivity index (χ3v) is 2.97. The first kappa shape index (κ1) is 13.4. The van der Waals surface area contributed by atoms with E-state index >= 15 is 0 Å². The van der Waals surface area contributed by atoms with E-state index in [4.69, 9.17) is 11.6 Å². The molecular weight excluding hydrogens is 266 g/mol. The van der Waals surface area contributed by atoms with Gasteiger partial charge in [-0.1, -0.05) is 23.8 Å². The van der Waals surface area contributed by atoms with Crippen molar-refractivity contribution in [3.05, 3.63) is 41.1 Å². The molecule has 0 fully saturated rings. The number of halogens is 1. The van der Waals surface area contributed by atoms with Gasteiger partial charge in [0.25, 0.3) is 0 Å². The predicted molar refractivity (Wildman–Crippen MR) is 74.1 cm³/mol. The summed E-state index contributed by atoms with van der Waals surface area (Å²) < 4.78 is 4.52. The number of esters is 1. The smallest absolute Gasteiger partial charge is 0.309 e. The molecule has 1 aromatic heterocycles. The maximum atomic E-state index is 11.0. The Morgan fingerprint density at radius 3 is 3.11 bits per heavy atom. The van der Waals surface area contributed by atoms with Crippen LogP contribution >= 0.6 is 11.6 Å². The molecule has 4 nitrogen and oxygen atoms in total. The van der Waals surface area contributed by atoms with Crippen molar-refractivity contribution in [2.45, 2.75) is 6.42 Å². The molecule has 1 heterocycles. The maximum absolute atomic E-state index is 11.0. The summed E-state index contributed by atoms with van der Waals surface area (Å²) in [4.78, 5) is 15.1. The van der Waals surface area contributed by atoms with Crippen LogP contribution in [0, 0.1) is 0 Å². The van der Waals surface area contributed by atoms with Crippen LogP contribution in [0.3, 0.4) is 0 Å². The molecule has 0 saturated heterocycles. The van der Waals surface area contributed by atoms with E-state index in [0.717, 1.165) is 0 Å². The number of carbonyl (C=O) groups excluding carboxylic acids is 1. The third-order valence-electron chi connectivity index (χ3n) is 2.65. The molecule has 2 rings (SSSR count). The molecule has 98 valence electrons. The second-order valence-corrected chi connectivity index (χ2v) is 4.29. The summed E-state index contributed by atoms with van der Waals surface area (Å²) in [6.07, 6.45) is 4.94. The summed E-state index contributed by atoms with van der Waals surface area (Å²) in [5, 5.41) is 11.3. The third kappa shape index (κ3) is 2.85. The van der Waals surface area contributed by atoms with Crippen LogP contribution in [0.15, 0.2) is 30.5 Å². The zero-order chi connectivity index (χ0) is 13.8. The van der Waals surface area contributed by atoms with Crippen molar-refractivity contribution in [1.82, 2.24) is 4.98 Å². The molecule has 0 spiro atoms. The van der Waals surface area contributed by atoms with E-state index < -0.39 is 0 Å². The molecule has 0 aliphatic heterocycles. The topological polar surface area (TPSA) is 59.4 Å². The van der Waals surface area contributed by atoms with Crippen LogP contribution in [0.1, 0.15) is 12.0 Å². The molecule has 0 aliphatic rings. The van der Waals surface area contributed by atoms with Gasteiger partial charge < -0.3 is 9.84 Å². The number of phenolic OH excluding ortho intramolecular Hbond substituents is 1. The second-order valence-electron chi connectivity index (χ2n) is 3.88. The Bertz CT molecular complexity index is 652. The van der Waals surface area contributed by atoms with Crippen molar-refractivity contribution in [2.75, 3.05) is 7.11 Å². The molecule has 0 unspecified atom stereocenters.